The minimum Gasteiger partial charge on any atom is -0.381 e. The minimum absolute atomic E-state index is 0.172. The van der Waals surface area contributed by atoms with Crippen LogP contribution in [-0.2, 0) is 17.0 Å². The molecule has 106 valence electrons. The second kappa shape index (κ2) is 5.83. The SMILES string of the molecule is O=S1CCC(Nc2ccc(C(F)(F)F)cc2Br)CC1. The zero-order valence-electron chi connectivity index (χ0n) is 9.97. The van der Waals surface area contributed by atoms with E-state index in [0.717, 1.165) is 25.0 Å². The number of alkyl halides is 3. The molecule has 1 fully saturated rings. The van der Waals surface area contributed by atoms with Crippen LogP contribution in [0.4, 0.5) is 18.9 Å². The van der Waals surface area contributed by atoms with Crippen LogP contribution in [0.15, 0.2) is 22.7 Å². The van der Waals surface area contributed by atoms with Gasteiger partial charge >= 0.3 is 6.18 Å². The molecule has 7 heteroatoms. The highest BCUT2D eigenvalue weighted by molar-refractivity contribution is 9.10. The molecule has 1 heterocycles. The highest BCUT2D eigenvalue weighted by Gasteiger charge is 2.31. The molecular formula is C12H13BrF3NOS. The summed E-state index contributed by atoms with van der Waals surface area (Å²) in [6.07, 6.45) is -2.77. The standard InChI is InChI=1S/C12H13BrF3NOS/c13-10-7-8(12(14,15)16)1-2-11(10)17-9-3-5-19(18)6-4-9/h1-2,7,9,17H,3-6H2. The monoisotopic (exact) mass is 355 g/mol. The van der Waals surface area contributed by atoms with Gasteiger partial charge in [0, 0.05) is 38.5 Å². The Morgan fingerprint density at radius 2 is 1.89 bits per heavy atom. The molecule has 0 aliphatic carbocycles. The van der Waals surface area contributed by atoms with Crippen molar-refractivity contribution in [2.75, 3.05) is 16.8 Å². The molecule has 1 aromatic rings. The van der Waals surface area contributed by atoms with Gasteiger partial charge in [-0.2, -0.15) is 13.2 Å². The van der Waals surface area contributed by atoms with E-state index >= 15 is 0 Å². The average Bonchev–Trinajstić information content (AvgIpc) is 2.33. The van der Waals surface area contributed by atoms with E-state index in [-0.39, 0.29) is 6.04 Å². The first kappa shape index (κ1) is 14.8. The summed E-state index contributed by atoms with van der Waals surface area (Å²) in [7, 11) is -0.740. The average molecular weight is 356 g/mol. The second-order valence-electron chi connectivity index (χ2n) is 4.46. The van der Waals surface area contributed by atoms with Gasteiger partial charge in [0.25, 0.3) is 0 Å². The molecule has 1 saturated heterocycles. The van der Waals surface area contributed by atoms with E-state index in [2.05, 4.69) is 21.2 Å². The van der Waals surface area contributed by atoms with E-state index in [1.165, 1.54) is 6.07 Å². The van der Waals surface area contributed by atoms with Crippen LogP contribution in [0.2, 0.25) is 0 Å². The molecule has 0 atom stereocenters. The summed E-state index contributed by atoms with van der Waals surface area (Å²) < 4.78 is 49.2. The van der Waals surface area contributed by atoms with Gasteiger partial charge in [-0.15, -0.1) is 0 Å². The lowest BCUT2D eigenvalue weighted by Crippen LogP contribution is -2.29. The van der Waals surface area contributed by atoms with E-state index in [9.17, 15) is 17.4 Å². The van der Waals surface area contributed by atoms with Gasteiger partial charge in [0.2, 0.25) is 0 Å². The molecule has 1 aliphatic heterocycles. The van der Waals surface area contributed by atoms with E-state index in [1.54, 1.807) is 0 Å². The molecule has 0 saturated carbocycles. The molecule has 0 aromatic heterocycles. The molecule has 2 nitrogen and oxygen atoms in total. The number of anilines is 1. The Hall–Kier alpha value is -0.560. The van der Waals surface area contributed by atoms with Gasteiger partial charge in [0.15, 0.2) is 0 Å². The molecule has 0 radical (unpaired) electrons. The van der Waals surface area contributed by atoms with Gasteiger partial charge in [-0.25, -0.2) is 0 Å². The summed E-state index contributed by atoms with van der Waals surface area (Å²) in [4.78, 5) is 0. The lowest BCUT2D eigenvalue weighted by Gasteiger charge is -2.24. The number of halogens is 4. The molecule has 1 aromatic carbocycles. The van der Waals surface area contributed by atoms with Crippen molar-refractivity contribution in [3.05, 3.63) is 28.2 Å². The number of nitrogens with one attached hydrogen (secondary N) is 1. The topological polar surface area (TPSA) is 29.1 Å². The summed E-state index contributed by atoms with van der Waals surface area (Å²) in [5.74, 6) is 1.30. The van der Waals surface area contributed by atoms with Crippen molar-refractivity contribution < 1.29 is 17.4 Å². The number of hydrogen-bond donors (Lipinski definition) is 1. The fraction of sp³-hybridized carbons (Fsp3) is 0.500. The molecule has 1 N–H and O–H groups in total. The summed E-state index contributed by atoms with van der Waals surface area (Å²) >= 11 is 3.16. The smallest absolute Gasteiger partial charge is 0.381 e. The van der Waals surface area contributed by atoms with Gasteiger partial charge in [-0.1, -0.05) is 0 Å². The fourth-order valence-corrected chi connectivity index (χ4v) is 3.76. The highest BCUT2D eigenvalue weighted by Crippen LogP contribution is 2.34. The van der Waals surface area contributed by atoms with Crippen molar-refractivity contribution in [2.45, 2.75) is 25.1 Å². The Kier molecular flexibility index (Phi) is 4.55. The second-order valence-corrected chi connectivity index (χ2v) is 7.01. The molecule has 0 unspecified atom stereocenters. The highest BCUT2D eigenvalue weighted by atomic mass is 79.9. The van der Waals surface area contributed by atoms with E-state index < -0.39 is 22.5 Å². The Morgan fingerprint density at radius 1 is 1.26 bits per heavy atom. The van der Waals surface area contributed by atoms with Gasteiger partial charge < -0.3 is 5.32 Å². The van der Waals surface area contributed by atoms with E-state index in [4.69, 9.17) is 0 Å². The van der Waals surface area contributed by atoms with Gasteiger partial charge in [-0.05, 0) is 47.0 Å². The molecule has 0 bridgehead atoms. The third-order valence-corrected chi connectivity index (χ3v) is 5.08. The Bertz CT molecular complexity index is 482. The summed E-state index contributed by atoms with van der Waals surface area (Å²) in [5, 5.41) is 3.20. The predicted octanol–water partition coefficient (Wildman–Crippen LogP) is 3.79. The number of rotatable bonds is 2. The number of benzene rings is 1. The molecular weight excluding hydrogens is 343 g/mol. The van der Waals surface area contributed by atoms with Gasteiger partial charge in [-0.3, -0.25) is 4.21 Å². The quantitative estimate of drug-likeness (QED) is 0.874. The zero-order valence-corrected chi connectivity index (χ0v) is 12.4. The van der Waals surface area contributed by atoms with Crippen molar-refractivity contribution in [2.24, 2.45) is 0 Å². The third kappa shape index (κ3) is 3.95. The summed E-state index contributed by atoms with van der Waals surface area (Å²) in [5.41, 5.74) is -0.0274. The Morgan fingerprint density at radius 3 is 2.42 bits per heavy atom. The first-order chi connectivity index (χ1) is 8.86. The molecule has 0 spiro atoms. The molecule has 0 amide bonds. The normalized spacial score (nSPS) is 24.2. The summed E-state index contributed by atoms with van der Waals surface area (Å²) in [6, 6.07) is 3.74. The first-order valence-corrected chi connectivity index (χ1v) is 8.12. The summed E-state index contributed by atoms with van der Waals surface area (Å²) in [6.45, 7) is 0. The minimum atomic E-state index is -4.33. The van der Waals surface area contributed by atoms with E-state index in [0.29, 0.717) is 21.7 Å². The molecule has 2 rings (SSSR count). The maximum atomic E-state index is 12.5. The van der Waals surface area contributed by atoms with Crippen LogP contribution in [0.3, 0.4) is 0 Å². The van der Waals surface area contributed by atoms with Crippen molar-refractivity contribution in [3.63, 3.8) is 0 Å². The predicted molar refractivity (Wildman–Crippen MR) is 73.7 cm³/mol. The zero-order chi connectivity index (χ0) is 14.0. The van der Waals surface area contributed by atoms with Gasteiger partial charge in [0.1, 0.15) is 0 Å². The van der Waals surface area contributed by atoms with Crippen LogP contribution in [0, 0.1) is 0 Å². The number of hydrogen-bond acceptors (Lipinski definition) is 2. The molecule has 1 aliphatic rings. The first-order valence-electron chi connectivity index (χ1n) is 5.84. The molecule has 19 heavy (non-hydrogen) atoms. The van der Waals surface area contributed by atoms with Crippen LogP contribution >= 0.6 is 15.9 Å². The van der Waals surface area contributed by atoms with Crippen molar-refractivity contribution in [1.29, 1.82) is 0 Å². The maximum absolute atomic E-state index is 12.5. The van der Waals surface area contributed by atoms with Crippen LogP contribution in [0.1, 0.15) is 18.4 Å². The maximum Gasteiger partial charge on any atom is 0.416 e. The lowest BCUT2D eigenvalue weighted by molar-refractivity contribution is -0.137. The van der Waals surface area contributed by atoms with Crippen LogP contribution in [0.5, 0.6) is 0 Å². The third-order valence-electron chi connectivity index (χ3n) is 3.04. The largest absolute Gasteiger partial charge is 0.416 e. The van der Waals surface area contributed by atoms with Crippen molar-refractivity contribution in [1.82, 2.24) is 0 Å². The Balaban J connectivity index is 2.07. The Labute approximate surface area is 120 Å². The van der Waals surface area contributed by atoms with Crippen molar-refractivity contribution in [3.8, 4) is 0 Å². The lowest BCUT2D eigenvalue weighted by atomic mass is 10.1. The van der Waals surface area contributed by atoms with Gasteiger partial charge in [0.05, 0.1) is 5.56 Å². The van der Waals surface area contributed by atoms with Crippen LogP contribution < -0.4 is 5.32 Å². The van der Waals surface area contributed by atoms with Crippen LogP contribution in [-0.4, -0.2) is 21.8 Å². The van der Waals surface area contributed by atoms with E-state index in [1.807, 2.05) is 0 Å². The van der Waals surface area contributed by atoms with Crippen LogP contribution in [0.25, 0.3) is 0 Å². The fourth-order valence-electron chi connectivity index (χ4n) is 1.97. The van der Waals surface area contributed by atoms with Crippen molar-refractivity contribution >= 4 is 32.4 Å².